The Morgan fingerprint density at radius 1 is 1.04 bits per heavy atom. The maximum absolute atomic E-state index is 15.2. The van der Waals surface area contributed by atoms with Crippen LogP contribution >= 0.6 is 0 Å². The van der Waals surface area contributed by atoms with Crippen LogP contribution in [0.3, 0.4) is 0 Å². The molecule has 396 valence electrons. The second-order valence-corrected chi connectivity index (χ2v) is 23.6. The van der Waals surface area contributed by atoms with E-state index in [9.17, 15) is 9.59 Å². The zero-order valence-corrected chi connectivity index (χ0v) is 44.4. The molecule has 18 heteroatoms. The monoisotopic (exact) mass is 1010 g/mol. The van der Waals surface area contributed by atoms with E-state index < -0.39 is 41.2 Å². The summed E-state index contributed by atoms with van der Waals surface area (Å²) in [5.74, 6) is -0.406. The maximum atomic E-state index is 15.2. The van der Waals surface area contributed by atoms with E-state index in [1.54, 1.807) is 39.2 Å². The van der Waals surface area contributed by atoms with Gasteiger partial charge in [-0.2, -0.15) is 0 Å². The van der Waals surface area contributed by atoms with Crippen LogP contribution in [0.15, 0.2) is 41.1 Å². The number of amides is 2. The number of esters is 1. The summed E-state index contributed by atoms with van der Waals surface area (Å²) in [4.78, 5) is 58.5. The molecule has 1 saturated carbocycles. The summed E-state index contributed by atoms with van der Waals surface area (Å²) < 4.78 is 39.9. The van der Waals surface area contributed by atoms with Crippen LogP contribution in [-0.2, 0) is 46.2 Å². The third-order valence-corrected chi connectivity index (χ3v) is 15.7. The van der Waals surface area contributed by atoms with Crippen LogP contribution < -0.4 is 21.0 Å². The minimum atomic E-state index is -1.14. The first-order valence-electron chi connectivity index (χ1n) is 26.7. The van der Waals surface area contributed by atoms with E-state index in [1.165, 1.54) is 0 Å². The summed E-state index contributed by atoms with van der Waals surface area (Å²) in [5, 5.41) is 9.04. The molecule has 18 nitrogen and oxygen atoms in total. The van der Waals surface area contributed by atoms with Gasteiger partial charge in [-0.3, -0.25) is 24.5 Å². The second-order valence-electron chi connectivity index (χ2n) is 23.6. The number of cyclic esters (lactones) is 1. The van der Waals surface area contributed by atoms with Gasteiger partial charge >= 0.3 is 12.1 Å². The van der Waals surface area contributed by atoms with E-state index in [0.717, 1.165) is 96.5 Å². The highest BCUT2D eigenvalue weighted by Gasteiger charge is 2.53. The van der Waals surface area contributed by atoms with Crippen molar-refractivity contribution in [2.24, 2.45) is 11.3 Å². The van der Waals surface area contributed by atoms with E-state index in [-0.39, 0.29) is 42.3 Å². The van der Waals surface area contributed by atoms with Gasteiger partial charge in [0.2, 0.25) is 5.89 Å². The topological polar surface area (TPSA) is 187 Å². The number of nitrogens with one attached hydrogen (secondary N) is 3. The number of aromatic nitrogens is 3. The quantitative estimate of drug-likeness (QED) is 0.137. The third kappa shape index (κ3) is 10.9. The molecular formula is C55H77N9O9. The van der Waals surface area contributed by atoms with Crippen molar-refractivity contribution in [1.82, 2.24) is 40.5 Å². The molecule has 5 saturated heterocycles. The van der Waals surface area contributed by atoms with Gasteiger partial charge < -0.3 is 48.2 Å². The standard InChI is InChI=1S/C55H77N9O9/c1-33(68-9)44-40(27-37(30-57-44)61-19-15-56-16-20-61)47-41-29-54(5,6)32-71-51(66)45-35-24-36(25-35)64(60-45)50(65)46(59-52(67)73-53(2,3)4)48(62-17-10-11-18-62)42-31-70-49(58-42)34-12-13-43(39(41)26-34)63(47)21-23-69-38-14-22-72-55(7,8)28-38/h12-13,26-27,30-31,33,35-36,38,45-46,48,56,60H,10-11,14-25,28-29,32H2,1-9H3,(H,59,67)/t33-,35?,36?,38-,45-,46-,48+/m0/s1. The highest BCUT2D eigenvalue weighted by molar-refractivity contribution is 5.95. The Kier molecular flexibility index (Phi) is 14.5. The molecule has 7 aliphatic rings. The number of hydrogen-bond donors (Lipinski definition) is 3. The molecule has 3 aromatic heterocycles. The first kappa shape index (κ1) is 51.4. The van der Waals surface area contributed by atoms with Gasteiger partial charge in [0, 0.05) is 86.3 Å². The average molecular weight is 1010 g/mol. The molecular weight excluding hydrogens is 931 g/mol. The molecule has 5 atom stereocenters. The van der Waals surface area contributed by atoms with Crippen molar-refractivity contribution in [3.05, 3.63) is 53.7 Å². The third-order valence-electron chi connectivity index (χ3n) is 15.7. The number of likely N-dealkylation sites (tertiary alicyclic amines) is 1. The largest absolute Gasteiger partial charge is 0.464 e. The number of methoxy groups -OCH3 is 1. The van der Waals surface area contributed by atoms with Crippen LogP contribution in [0, 0.1) is 11.3 Å². The Bertz CT molecular complexity index is 2660. The number of carbonyl (C=O) groups is 3. The van der Waals surface area contributed by atoms with Crippen molar-refractivity contribution in [2.45, 2.75) is 154 Å². The fraction of sp³-hybridized carbons (Fsp3) is 0.655. The highest BCUT2D eigenvalue weighted by Crippen LogP contribution is 2.45. The number of oxazole rings is 1. The lowest BCUT2D eigenvalue weighted by atomic mass is 9.73. The smallest absolute Gasteiger partial charge is 0.408 e. The first-order valence-corrected chi connectivity index (χ1v) is 26.7. The SMILES string of the molecule is CO[C@@H](C)c1ncc(N2CCNCC2)cc1-c1c2c3cc(ccc3n1CCO[C@H]1CCOC(C)(C)C1)-c1nc(co1)[C@@H](N1CCCC1)[C@H](NC(=O)OC(C)(C)C)C(=O)N1N[C@H](C(=O)OCC(C)(C)C2)C2CC1C2. The number of hydrogen-bond acceptors (Lipinski definition) is 15. The Labute approximate surface area is 429 Å². The number of nitrogens with zero attached hydrogens (tertiary/aromatic N) is 6. The predicted molar refractivity (Wildman–Crippen MR) is 276 cm³/mol. The number of anilines is 1. The van der Waals surface area contributed by atoms with Gasteiger partial charge in [-0.25, -0.2) is 15.2 Å². The number of benzene rings is 1. The number of carbonyl (C=O) groups excluding carboxylic acids is 3. The molecule has 9 heterocycles. The second kappa shape index (κ2) is 20.5. The molecule has 4 aromatic rings. The van der Waals surface area contributed by atoms with Crippen LogP contribution in [0.4, 0.5) is 10.5 Å². The number of hydrazine groups is 1. The Hall–Kier alpha value is -5.11. The lowest BCUT2D eigenvalue weighted by Gasteiger charge is -2.53. The summed E-state index contributed by atoms with van der Waals surface area (Å²) in [6.45, 7) is 22.5. The molecule has 3 N–H and O–H groups in total. The zero-order valence-electron chi connectivity index (χ0n) is 44.4. The van der Waals surface area contributed by atoms with E-state index in [0.29, 0.717) is 63.7 Å². The van der Waals surface area contributed by atoms with Gasteiger partial charge in [0.15, 0.2) is 0 Å². The maximum Gasteiger partial charge on any atom is 0.408 e. The fourth-order valence-corrected chi connectivity index (χ4v) is 11.9. The normalized spacial score (nSPS) is 27.0. The van der Waals surface area contributed by atoms with Crippen molar-refractivity contribution in [3.63, 3.8) is 0 Å². The molecule has 11 rings (SSSR count). The number of pyridine rings is 1. The van der Waals surface area contributed by atoms with Gasteiger partial charge in [0.25, 0.3) is 5.91 Å². The number of ether oxygens (including phenoxy) is 5. The zero-order chi connectivity index (χ0) is 51.4. The molecule has 73 heavy (non-hydrogen) atoms. The Balaban J connectivity index is 1.15. The molecule has 1 aromatic carbocycles. The summed E-state index contributed by atoms with van der Waals surface area (Å²) in [6, 6.07) is 5.84. The molecule has 8 bridgehead atoms. The van der Waals surface area contributed by atoms with E-state index in [1.807, 2.05) is 19.2 Å². The molecule has 6 aliphatic heterocycles. The summed E-state index contributed by atoms with van der Waals surface area (Å²) in [7, 11) is 1.72. The van der Waals surface area contributed by atoms with Gasteiger partial charge in [-0.15, -0.1) is 0 Å². The van der Waals surface area contributed by atoms with Gasteiger partial charge in [-0.05, 0) is 129 Å². The molecule has 0 radical (unpaired) electrons. The molecule has 2 amide bonds. The summed E-state index contributed by atoms with van der Waals surface area (Å²) in [6.07, 6.45) is 7.85. The van der Waals surface area contributed by atoms with E-state index in [2.05, 4.69) is 76.3 Å². The van der Waals surface area contributed by atoms with Gasteiger partial charge in [-0.1, -0.05) is 13.8 Å². The Morgan fingerprint density at radius 2 is 1.81 bits per heavy atom. The molecule has 0 unspecified atom stereocenters. The van der Waals surface area contributed by atoms with Crippen molar-refractivity contribution in [1.29, 1.82) is 0 Å². The molecule has 0 spiro atoms. The van der Waals surface area contributed by atoms with Crippen LogP contribution in [0.1, 0.15) is 123 Å². The van der Waals surface area contributed by atoms with Crippen molar-refractivity contribution < 1.29 is 42.5 Å². The molecule has 6 fully saturated rings. The number of fused-ring (bicyclic) bond motifs is 4. The van der Waals surface area contributed by atoms with Crippen LogP contribution in [-0.4, -0.2) is 144 Å². The number of rotatable bonds is 10. The van der Waals surface area contributed by atoms with Crippen LogP contribution in [0.25, 0.3) is 33.6 Å². The van der Waals surface area contributed by atoms with Crippen molar-refractivity contribution >= 4 is 34.6 Å². The lowest BCUT2D eigenvalue weighted by Crippen LogP contribution is -2.72. The average Bonchev–Trinajstić information content (AvgIpc) is 4.12. The Morgan fingerprint density at radius 3 is 2.53 bits per heavy atom. The minimum Gasteiger partial charge on any atom is -0.464 e. The van der Waals surface area contributed by atoms with Gasteiger partial charge in [0.05, 0.1) is 66.0 Å². The van der Waals surface area contributed by atoms with Crippen LogP contribution in [0.2, 0.25) is 0 Å². The molecule has 1 aliphatic carbocycles. The van der Waals surface area contributed by atoms with E-state index in [4.69, 9.17) is 38.1 Å². The van der Waals surface area contributed by atoms with Crippen molar-refractivity contribution in [3.8, 4) is 22.7 Å². The van der Waals surface area contributed by atoms with Crippen molar-refractivity contribution in [2.75, 3.05) is 71.1 Å². The predicted octanol–water partition coefficient (Wildman–Crippen LogP) is 7.10. The van der Waals surface area contributed by atoms with E-state index >= 15 is 4.79 Å². The minimum absolute atomic E-state index is 0.00548. The van der Waals surface area contributed by atoms with Crippen LogP contribution in [0.5, 0.6) is 0 Å². The fourth-order valence-electron chi connectivity index (χ4n) is 11.9. The summed E-state index contributed by atoms with van der Waals surface area (Å²) >= 11 is 0. The lowest BCUT2D eigenvalue weighted by molar-refractivity contribution is -0.171. The first-order chi connectivity index (χ1) is 34.8. The van der Waals surface area contributed by atoms with Gasteiger partial charge in [0.1, 0.15) is 23.9 Å². The summed E-state index contributed by atoms with van der Waals surface area (Å²) in [5.41, 5.74) is 8.77. The number of piperazine rings is 1. The highest BCUT2D eigenvalue weighted by atomic mass is 16.6. The number of alkyl carbamates (subject to hydrolysis) is 1.